The number of amides is 1. The number of nitrogens with one attached hydrogen (secondary N) is 2. The number of aryl methyl sites for hydroxylation is 1. The van der Waals surface area contributed by atoms with Gasteiger partial charge in [-0.3, -0.25) is 4.79 Å². The molecule has 0 aliphatic rings. The van der Waals surface area contributed by atoms with Gasteiger partial charge in [-0.05, 0) is 54.4 Å². The number of methoxy groups -OCH3 is 1. The van der Waals surface area contributed by atoms with Crippen LogP contribution < -0.4 is 10.6 Å². The van der Waals surface area contributed by atoms with Gasteiger partial charge < -0.3 is 15.4 Å². The Morgan fingerprint density at radius 2 is 1.50 bits per heavy atom. The van der Waals surface area contributed by atoms with Crippen LogP contribution >= 0.6 is 0 Å². The first-order chi connectivity index (χ1) is 13.6. The third kappa shape index (κ3) is 4.76. The lowest BCUT2D eigenvalue weighted by Crippen LogP contribution is -2.15. The summed E-state index contributed by atoms with van der Waals surface area (Å²) < 4.78 is 4.81. The Morgan fingerprint density at radius 3 is 2.21 bits per heavy atom. The van der Waals surface area contributed by atoms with Crippen LogP contribution in [0.5, 0.6) is 0 Å². The first-order valence-corrected chi connectivity index (χ1v) is 8.95. The van der Waals surface area contributed by atoms with Crippen molar-refractivity contribution in [2.75, 3.05) is 17.7 Å². The maximum atomic E-state index is 12.3. The number of rotatable bonds is 6. The number of para-hydroxylation sites is 1. The Balaban J connectivity index is 1.65. The normalized spacial score (nSPS) is 10.2. The van der Waals surface area contributed by atoms with Crippen molar-refractivity contribution in [2.24, 2.45) is 0 Å². The molecule has 5 nitrogen and oxygen atoms in total. The predicted octanol–water partition coefficient (Wildman–Crippen LogP) is 4.71. The minimum absolute atomic E-state index is 0.0638. The zero-order valence-corrected chi connectivity index (χ0v) is 15.9. The molecular formula is C23H22N2O3. The minimum atomic E-state index is -0.400. The molecule has 0 aliphatic heterocycles. The summed E-state index contributed by atoms with van der Waals surface area (Å²) in [5.41, 5.74) is 4.74. The average Bonchev–Trinajstić information content (AvgIpc) is 2.71. The lowest BCUT2D eigenvalue weighted by molar-refractivity contribution is -0.115. The minimum Gasteiger partial charge on any atom is -0.465 e. The van der Waals surface area contributed by atoms with Crippen LogP contribution in [0, 0.1) is 6.92 Å². The Kier molecular flexibility index (Phi) is 6.07. The van der Waals surface area contributed by atoms with Gasteiger partial charge in [0.15, 0.2) is 0 Å². The van der Waals surface area contributed by atoms with Crippen molar-refractivity contribution in [1.82, 2.24) is 0 Å². The lowest BCUT2D eigenvalue weighted by atomic mass is 10.1. The number of hydrogen-bond acceptors (Lipinski definition) is 4. The number of ether oxygens (including phenoxy) is 1. The molecule has 0 saturated carbocycles. The Hall–Kier alpha value is -3.60. The molecule has 5 heteroatoms. The Morgan fingerprint density at radius 1 is 0.857 bits per heavy atom. The molecule has 3 aromatic carbocycles. The van der Waals surface area contributed by atoms with Crippen molar-refractivity contribution < 1.29 is 14.3 Å². The van der Waals surface area contributed by atoms with E-state index < -0.39 is 5.97 Å². The molecule has 0 aromatic heterocycles. The predicted molar refractivity (Wildman–Crippen MR) is 111 cm³/mol. The fraction of sp³-hybridized carbons (Fsp3) is 0.130. The van der Waals surface area contributed by atoms with Gasteiger partial charge >= 0.3 is 5.97 Å². The summed E-state index contributed by atoms with van der Waals surface area (Å²) in [6.07, 6.45) is 0.333. The van der Waals surface area contributed by atoms with Crippen LogP contribution in [0.1, 0.15) is 21.5 Å². The Labute approximate surface area is 164 Å². The van der Waals surface area contributed by atoms with Crippen LogP contribution in [0.15, 0.2) is 72.8 Å². The molecule has 0 aliphatic carbocycles. The molecule has 0 heterocycles. The monoisotopic (exact) mass is 374 g/mol. The van der Waals surface area contributed by atoms with E-state index in [2.05, 4.69) is 10.6 Å². The van der Waals surface area contributed by atoms with Crippen LogP contribution in [0.2, 0.25) is 0 Å². The second kappa shape index (κ2) is 8.86. The van der Waals surface area contributed by atoms with E-state index in [-0.39, 0.29) is 5.91 Å². The second-order valence-electron chi connectivity index (χ2n) is 6.39. The third-order valence-electron chi connectivity index (χ3n) is 4.39. The summed E-state index contributed by atoms with van der Waals surface area (Å²) in [5.74, 6) is -0.464. The summed E-state index contributed by atoms with van der Waals surface area (Å²) in [5, 5.41) is 6.11. The molecule has 3 aromatic rings. The van der Waals surface area contributed by atoms with Gasteiger partial charge in [-0.25, -0.2) is 4.79 Å². The highest BCUT2D eigenvalue weighted by Crippen LogP contribution is 2.23. The van der Waals surface area contributed by atoms with E-state index in [0.29, 0.717) is 23.4 Å². The van der Waals surface area contributed by atoms with Crippen molar-refractivity contribution >= 4 is 28.9 Å². The number of hydrogen-bond donors (Lipinski definition) is 2. The molecule has 0 bridgehead atoms. The van der Waals surface area contributed by atoms with Gasteiger partial charge in [-0.2, -0.15) is 0 Å². The second-order valence-corrected chi connectivity index (χ2v) is 6.39. The fourth-order valence-corrected chi connectivity index (χ4v) is 2.86. The number of carbonyl (C=O) groups is 2. The van der Waals surface area contributed by atoms with Gasteiger partial charge in [0, 0.05) is 11.4 Å². The highest BCUT2D eigenvalue weighted by atomic mass is 16.5. The number of esters is 1. The lowest BCUT2D eigenvalue weighted by Gasteiger charge is -2.12. The maximum Gasteiger partial charge on any atom is 0.339 e. The highest BCUT2D eigenvalue weighted by Gasteiger charge is 2.11. The molecule has 0 atom stereocenters. The largest absolute Gasteiger partial charge is 0.465 e. The molecule has 0 radical (unpaired) electrons. The quantitative estimate of drug-likeness (QED) is 0.614. The molecule has 28 heavy (non-hydrogen) atoms. The summed E-state index contributed by atoms with van der Waals surface area (Å²) in [6, 6.07) is 22.3. The van der Waals surface area contributed by atoms with Crippen LogP contribution in [-0.4, -0.2) is 19.0 Å². The fourth-order valence-electron chi connectivity index (χ4n) is 2.86. The van der Waals surface area contributed by atoms with Gasteiger partial charge in [-0.15, -0.1) is 0 Å². The maximum absolute atomic E-state index is 12.3. The molecule has 0 fully saturated rings. The van der Waals surface area contributed by atoms with Crippen LogP contribution in [0.4, 0.5) is 17.1 Å². The van der Waals surface area contributed by atoms with Crippen LogP contribution in [0.25, 0.3) is 0 Å². The molecule has 0 saturated heterocycles. The van der Waals surface area contributed by atoms with Crippen LogP contribution in [-0.2, 0) is 16.0 Å². The zero-order valence-electron chi connectivity index (χ0n) is 15.9. The van der Waals surface area contributed by atoms with Crippen molar-refractivity contribution in [3.8, 4) is 0 Å². The Bertz CT molecular complexity index is 981. The molecule has 1 amide bonds. The van der Waals surface area contributed by atoms with Gasteiger partial charge in [0.1, 0.15) is 0 Å². The van der Waals surface area contributed by atoms with E-state index in [0.717, 1.165) is 16.8 Å². The first-order valence-electron chi connectivity index (χ1n) is 8.95. The molecule has 0 unspecified atom stereocenters. The zero-order chi connectivity index (χ0) is 19.9. The molecule has 0 spiro atoms. The number of benzene rings is 3. The summed E-state index contributed by atoms with van der Waals surface area (Å²) in [6.45, 7) is 2.00. The van der Waals surface area contributed by atoms with Gasteiger partial charge in [0.2, 0.25) is 5.91 Å². The van der Waals surface area contributed by atoms with Crippen molar-refractivity contribution in [3.63, 3.8) is 0 Å². The summed E-state index contributed by atoms with van der Waals surface area (Å²) >= 11 is 0. The van der Waals surface area contributed by atoms with E-state index in [1.165, 1.54) is 7.11 Å². The van der Waals surface area contributed by atoms with Gasteiger partial charge in [-0.1, -0.05) is 36.4 Å². The highest BCUT2D eigenvalue weighted by molar-refractivity contribution is 5.96. The standard InChI is InChI=1S/C23H22N2O3/c1-16-7-3-4-8-17(16)15-22(26)25-19-13-11-18(12-14-19)24-21-10-6-5-9-20(21)23(27)28-2/h3-14,24H,15H2,1-2H3,(H,25,26). The number of carbonyl (C=O) groups excluding carboxylic acids is 2. The molecular weight excluding hydrogens is 352 g/mol. The third-order valence-corrected chi connectivity index (χ3v) is 4.39. The summed E-state index contributed by atoms with van der Waals surface area (Å²) in [7, 11) is 1.35. The SMILES string of the molecule is COC(=O)c1ccccc1Nc1ccc(NC(=O)Cc2ccccc2C)cc1. The van der Waals surface area contributed by atoms with E-state index in [4.69, 9.17) is 4.74 Å². The molecule has 2 N–H and O–H groups in total. The van der Waals surface area contributed by atoms with E-state index in [9.17, 15) is 9.59 Å². The van der Waals surface area contributed by atoms with Gasteiger partial charge in [0.25, 0.3) is 0 Å². The smallest absolute Gasteiger partial charge is 0.339 e. The van der Waals surface area contributed by atoms with E-state index in [1.807, 2.05) is 67.6 Å². The number of anilines is 3. The van der Waals surface area contributed by atoms with Crippen LogP contribution in [0.3, 0.4) is 0 Å². The van der Waals surface area contributed by atoms with Crippen molar-refractivity contribution in [1.29, 1.82) is 0 Å². The molecule has 142 valence electrons. The first kappa shape index (κ1) is 19.2. The van der Waals surface area contributed by atoms with Gasteiger partial charge in [0.05, 0.1) is 24.8 Å². The summed E-state index contributed by atoms with van der Waals surface area (Å²) in [4.78, 5) is 24.1. The topological polar surface area (TPSA) is 67.4 Å². The van der Waals surface area contributed by atoms with E-state index in [1.54, 1.807) is 12.1 Å². The molecule has 3 rings (SSSR count). The average molecular weight is 374 g/mol. The van der Waals surface area contributed by atoms with Crippen molar-refractivity contribution in [3.05, 3.63) is 89.5 Å². The van der Waals surface area contributed by atoms with Crippen molar-refractivity contribution in [2.45, 2.75) is 13.3 Å². The van der Waals surface area contributed by atoms with E-state index >= 15 is 0 Å².